The SMILES string of the molecule is Cc1cc(C)c(-n2c3ccccc3c3c(C(=O)CN(C)C)c(N)c(C)nc32)c(C)c1. The molecule has 5 nitrogen and oxygen atoms in total. The summed E-state index contributed by atoms with van der Waals surface area (Å²) in [6.45, 7) is 8.52. The number of hydrogen-bond acceptors (Lipinski definition) is 4. The summed E-state index contributed by atoms with van der Waals surface area (Å²) in [5.74, 6) is 0.00764. The number of benzene rings is 2. The Bertz CT molecular complexity index is 1290. The molecule has 0 amide bonds. The second-order valence-corrected chi connectivity index (χ2v) is 8.45. The lowest BCUT2D eigenvalue weighted by atomic mass is 10.0. The summed E-state index contributed by atoms with van der Waals surface area (Å²) in [7, 11) is 3.78. The number of rotatable bonds is 4. The average Bonchev–Trinajstić information content (AvgIpc) is 2.95. The van der Waals surface area contributed by atoms with E-state index < -0.39 is 0 Å². The molecular formula is C25H28N4O. The number of likely N-dealkylation sites (N-methyl/N-ethyl adjacent to an activating group) is 1. The van der Waals surface area contributed by atoms with Crippen molar-refractivity contribution >= 4 is 33.4 Å². The molecule has 0 saturated heterocycles. The molecular weight excluding hydrogens is 372 g/mol. The van der Waals surface area contributed by atoms with Crippen LogP contribution < -0.4 is 5.73 Å². The molecule has 0 bridgehead atoms. The smallest absolute Gasteiger partial charge is 0.179 e. The maximum absolute atomic E-state index is 13.3. The van der Waals surface area contributed by atoms with Crippen LogP contribution in [0.3, 0.4) is 0 Å². The summed E-state index contributed by atoms with van der Waals surface area (Å²) in [6.07, 6.45) is 0. The van der Waals surface area contributed by atoms with Crippen LogP contribution in [-0.4, -0.2) is 40.9 Å². The number of fused-ring (bicyclic) bond motifs is 3. The largest absolute Gasteiger partial charge is 0.397 e. The topological polar surface area (TPSA) is 64.2 Å². The predicted molar refractivity (Wildman–Crippen MR) is 125 cm³/mol. The number of aromatic nitrogens is 2. The number of ketones is 1. The molecule has 0 saturated carbocycles. The fourth-order valence-electron chi connectivity index (χ4n) is 4.52. The van der Waals surface area contributed by atoms with Crippen LogP contribution >= 0.6 is 0 Å². The van der Waals surface area contributed by atoms with Gasteiger partial charge in [-0.2, -0.15) is 0 Å². The highest BCUT2D eigenvalue weighted by Gasteiger charge is 2.25. The highest BCUT2D eigenvalue weighted by molar-refractivity contribution is 6.21. The Kier molecular flexibility index (Phi) is 4.86. The molecule has 2 aromatic heterocycles. The van der Waals surface area contributed by atoms with E-state index in [4.69, 9.17) is 10.7 Å². The molecule has 0 aliphatic rings. The van der Waals surface area contributed by atoms with Gasteiger partial charge in [-0.25, -0.2) is 4.98 Å². The Morgan fingerprint density at radius 3 is 2.33 bits per heavy atom. The quantitative estimate of drug-likeness (QED) is 0.503. The molecule has 0 unspecified atom stereocenters. The van der Waals surface area contributed by atoms with Crippen molar-refractivity contribution in [3.63, 3.8) is 0 Å². The number of nitrogens with zero attached hydrogens (tertiary/aromatic N) is 3. The molecule has 0 radical (unpaired) electrons. The molecule has 4 aromatic rings. The Labute approximate surface area is 177 Å². The zero-order chi connectivity index (χ0) is 21.7. The van der Waals surface area contributed by atoms with Gasteiger partial charge in [0.1, 0.15) is 5.65 Å². The number of nitrogens with two attached hydrogens (primary N) is 1. The molecule has 0 aliphatic carbocycles. The molecule has 4 rings (SSSR count). The van der Waals surface area contributed by atoms with Crippen LogP contribution in [0.1, 0.15) is 32.7 Å². The van der Waals surface area contributed by atoms with Gasteiger partial charge in [-0.1, -0.05) is 35.9 Å². The maximum atomic E-state index is 13.3. The number of Topliss-reactive ketones (excluding diaryl/α,β-unsaturated/α-hetero) is 1. The van der Waals surface area contributed by atoms with Gasteiger partial charge in [0.2, 0.25) is 0 Å². The molecule has 0 aliphatic heterocycles. The normalized spacial score (nSPS) is 11.7. The first kappa shape index (κ1) is 20.1. The first-order chi connectivity index (χ1) is 14.2. The Balaban J connectivity index is 2.21. The zero-order valence-corrected chi connectivity index (χ0v) is 18.5. The highest BCUT2D eigenvalue weighted by Crippen LogP contribution is 2.38. The third kappa shape index (κ3) is 3.06. The van der Waals surface area contributed by atoms with Crippen molar-refractivity contribution in [2.45, 2.75) is 27.7 Å². The van der Waals surface area contributed by atoms with Crippen LogP contribution in [0.15, 0.2) is 36.4 Å². The van der Waals surface area contributed by atoms with Crippen LogP contribution in [0.2, 0.25) is 0 Å². The van der Waals surface area contributed by atoms with E-state index in [0.717, 1.165) is 27.6 Å². The minimum Gasteiger partial charge on any atom is -0.397 e. The second-order valence-electron chi connectivity index (χ2n) is 8.45. The summed E-state index contributed by atoms with van der Waals surface area (Å²) in [6, 6.07) is 12.5. The number of nitrogen functional groups attached to an aromatic ring is 1. The van der Waals surface area contributed by atoms with Crippen molar-refractivity contribution in [3.05, 3.63) is 64.3 Å². The Morgan fingerprint density at radius 1 is 1.07 bits per heavy atom. The zero-order valence-electron chi connectivity index (χ0n) is 18.5. The minimum absolute atomic E-state index is 0.00764. The standard InChI is InChI=1S/C25H28N4O/c1-14-11-15(2)24(16(3)12-14)29-19-10-8-7-9-18(19)21-22(20(30)13-28(5)6)23(26)17(4)27-25(21)29/h7-12H,13,26H2,1-6H3. The van der Waals surface area contributed by atoms with E-state index in [9.17, 15) is 4.79 Å². The molecule has 154 valence electrons. The summed E-state index contributed by atoms with van der Waals surface area (Å²) in [5.41, 5.74) is 14.6. The molecule has 0 fully saturated rings. The lowest BCUT2D eigenvalue weighted by Crippen LogP contribution is -2.23. The lowest BCUT2D eigenvalue weighted by molar-refractivity contribution is 0.0960. The van der Waals surface area contributed by atoms with Crippen molar-refractivity contribution in [3.8, 4) is 5.69 Å². The number of anilines is 1. The van der Waals surface area contributed by atoms with Crippen molar-refractivity contribution < 1.29 is 4.79 Å². The summed E-state index contributed by atoms with van der Waals surface area (Å²) < 4.78 is 2.19. The summed E-state index contributed by atoms with van der Waals surface area (Å²) >= 11 is 0. The highest BCUT2D eigenvalue weighted by atomic mass is 16.1. The van der Waals surface area contributed by atoms with Crippen molar-refractivity contribution in [2.75, 3.05) is 26.4 Å². The van der Waals surface area contributed by atoms with Gasteiger partial charge in [-0.3, -0.25) is 9.36 Å². The van der Waals surface area contributed by atoms with Crippen molar-refractivity contribution in [1.29, 1.82) is 0 Å². The molecule has 2 aromatic carbocycles. The predicted octanol–water partition coefficient (Wildman–Crippen LogP) is 4.74. The molecule has 2 N–H and O–H groups in total. The van der Waals surface area contributed by atoms with Gasteiger partial charge in [0.05, 0.1) is 34.7 Å². The number of pyridine rings is 1. The van der Waals surface area contributed by atoms with Crippen LogP contribution in [0.25, 0.3) is 27.6 Å². The van der Waals surface area contributed by atoms with Crippen molar-refractivity contribution in [2.24, 2.45) is 0 Å². The van der Waals surface area contributed by atoms with E-state index >= 15 is 0 Å². The summed E-state index contributed by atoms with van der Waals surface area (Å²) in [5, 5.41) is 1.83. The molecule has 0 atom stereocenters. The van der Waals surface area contributed by atoms with Crippen LogP contribution in [0.4, 0.5) is 5.69 Å². The first-order valence-corrected chi connectivity index (χ1v) is 10.2. The van der Waals surface area contributed by atoms with E-state index in [1.54, 1.807) is 0 Å². The van der Waals surface area contributed by atoms with Crippen LogP contribution in [0, 0.1) is 27.7 Å². The second kappa shape index (κ2) is 7.26. The van der Waals surface area contributed by atoms with Crippen LogP contribution in [-0.2, 0) is 0 Å². The lowest BCUT2D eigenvalue weighted by Gasteiger charge is -2.16. The Hall–Kier alpha value is -3.18. The summed E-state index contributed by atoms with van der Waals surface area (Å²) in [4.78, 5) is 20.0. The third-order valence-electron chi connectivity index (χ3n) is 5.63. The maximum Gasteiger partial charge on any atom is 0.179 e. The van der Waals surface area contributed by atoms with Crippen molar-refractivity contribution in [1.82, 2.24) is 14.5 Å². The Morgan fingerprint density at radius 2 is 1.70 bits per heavy atom. The third-order valence-corrected chi connectivity index (χ3v) is 5.63. The fourth-order valence-corrected chi connectivity index (χ4v) is 4.52. The van der Waals surface area contributed by atoms with Gasteiger partial charge in [-0.05, 0) is 59.0 Å². The van der Waals surface area contributed by atoms with E-state index in [-0.39, 0.29) is 5.78 Å². The van der Waals surface area contributed by atoms with Gasteiger partial charge in [-0.15, -0.1) is 0 Å². The monoisotopic (exact) mass is 400 g/mol. The number of aryl methyl sites for hydroxylation is 4. The van der Waals surface area contributed by atoms with E-state index in [1.165, 1.54) is 16.7 Å². The van der Waals surface area contributed by atoms with E-state index in [2.05, 4.69) is 49.6 Å². The van der Waals surface area contributed by atoms with E-state index in [1.807, 2.05) is 38.1 Å². The fraction of sp³-hybridized carbons (Fsp3) is 0.280. The van der Waals surface area contributed by atoms with Crippen LogP contribution in [0.5, 0.6) is 0 Å². The number of hydrogen-bond donors (Lipinski definition) is 1. The number of carbonyl (C=O) groups is 1. The molecule has 5 heteroatoms. The van der Waals surface area contributed by atoms with Gasteiger partial charge in [0.15, 0.2) is 5.78 Å². The average molecular weight is 401 g/mol. The van der Waals surface area contributed by atoms with Gasteiger partial charge < -0.3 is 10.6 Å². The molecule has 30 heavy (non-hydrogen) atoms. The number of para-hydroxylation sites is 1. The van der Waals surface area contributed by atoms with Gasteiger partial charge in [0, 0.05) is 10.8 Å². The molecule has 2 heterocycles. The number of carbonyl (C=O) groups excluding carboxylic acids is 1. The minimum atomic E-state index is 0.00764. The van der Waals surface area contributed by atoms with E-state index in [0.29, 0.717) is 23.5 Å². The van der Waals surface area contributed by atoms with Gasteiger partial charge in [0.25, 0.3) is 0 Å². The first-order valence-electron chi connectivity index (χ1n) is 10.2. The van der Waals surface area contributed by atoms with Gasteiger partial charge >= 0.3 is 0 Å². The molecule has 0 spiro atoms.